The first-order valence-electron chi connectivity index (χ1n) is 6.40. The van der Waals surface area contributed by atoms with Gasteiger partial charge in [-0.1, -0.05) is 18.2 Å². The first-order valence-corrected chi connectivity index (χ1v) is 6.40. The van der Waals surface area contributed by atoms with Crippen LogP contribution in [0, 0.1) is 5.92 Å². The maximum atomic E-state index is 11.0. The Hall–Kier alpha value is -1.55. The van der Waals surface area contributed by atoms with Gasteiger partial charge in [0, 0.05) is 24.6 Å². The predicted molar refractivity (Wildman–Crippen MR) is 66.7 cm³/mol. The van der Waals surface area contributed by atoms with Crippen molar-refractivity contribution in [2.75, 3.05) is 6.54 Å². The lowest BCUT2D eigenvalue weighted by Gasteiger charge is -2.15. The molecular weight excluding hydrogens is 230 g/mol. The maximum absolute atomic E-state index is 11.0. The van der Waals surface area contributed by atoms with Crippen LogP contribution in [0.3, 0.4) is 0 Å². The Morgan fingerprint density at radius 3 is 3.06 bits per heavy atom. The lowest BCUT2D eigenvalue weighted by molar-refractivity contribution is -0.141. The third-order valence-electron chi connectivity index (χ3n) is 3.81. The highest BCUT2D eigenvalue weighted by atomic mass is 16.5. The summed E-state index contributed by atoms with van der Waals surface area (Å²) in [4.78, 5) is 11.0. The third-order valence-corrected chi connectivity index (χ3v) is 3.81. The van der Waals surface area contributed by atoms with E-state index < -0.39 is 5.97 Å². The minimum atomic E-state index is -0.716. The quantitative estimate of drug-likeness (QED) is 0.836. The molecule has 0 amide bonds. The van der Waals surface area contributed by atoms with Gasteiger partial charge in [-0.05, 0) is 18.9 Å². The van der Waals surface area contributed by atoms with Gasteiger partial charge in [0.05, 0.1) is 5.92 Å². The van der Waals surface area contributed by atoms with Crippen molar-refractivity contribution in [3.8, 4) is 5.75 Å². The van der Waals surface area contributed by atoms with Crippen molar-refractivity contribution >= 4 is 5.97 Å². The van der Waals surface area contributed by atoms with E-state index in [1.807, 2.05) is 12.1 Å². The van der Waals surface area contributed by atoms with E-state index in [1.54, 1.807) is 0 Å². The first kappa shape index (κ1) is 11.5. The average Bonchev–Trinajstić information content (AvgIpc) is 2.92. The molecule has 0 radical (unpaired) electrons. The predicted octanol–water partition coefficient (Wildman–Crippen LogP) is 1.75. The largest absolute Gasteiger partial charge is 0.490 e. The minimum Gasteiger partial charge on any atom is -0.490 e. The Balaban J connectivity index is 1.86. The van der Waals surface area contributed by atoms with Crippen LogP contribution in [0.15, 0.2) is 18.2 Å². The molecule has 4 nitrogen and oxygen atoms in total. The summed E-state index contributed by atoms with van der Waals surface area (Å²) in [6.07, 6.45) is 1.81. The fraction of sp³-hybridized carbons (Fsp3) is 0.500. The van der Waals surface area contributed by atoms with Crippen molar-refractivity contribution in [1.29, 1.82) is 0 Å². The molecule has 1 aromatic carbocycles. The number of nitrogens with one attached hydrogen (secondary N) is 1. The van der Waals surface area contributed by atoms with Gasteiger partial charge >= 0.3 is 5.97 Å². The van der Waals surface area contributed by atoms with Crippen LogP contribution in [-0.2, 0) is 11.2 Å². The number of carboxylic acid groups (broad SMARTS) is 1. The van der Waals surface area contributed by atoms with Gasteiger partial charge in [0.25, 0.3) is 0 Å². The molecule has 0 saturated carbocycles. The fourth-order valence-corrected chi connectivity index (χ4v) is 2.90. The number of benzene rings is 1. The number of fused-ring (bicyclic) bond motifs is 1. The standard InChI is InChI=1S/C14H17NO3/c1-8-5-9-3-2-4-11(13(9)18-8)12-6-10(7-15-12)14(16)17/h2-4,8,10,12,15H,5-7H2,1H3,(H,16,17). The zero-order chi connectivity index (χ0) is 12.7. The lowest BCUT2D eigenvalue weighted by Crippen LogP contribution is -2.17. The van der Waals surface area contributed by atoms with E-state index in [-0.39, 0.29) is 18.1 Å². The van der Waals surface area contributed by atoms with Crippen LogP contribution in [0.2, 0.25) is 0 Å². The number of rotatable bonds is 2. The maximum Gasteiger partial charge on any atom is 0.307 e. The van der Waals surface area contributed by atoms with Crippen molar-refractivity contribution in [2.24, 2.45) is 5.92 Å². The van der Waals surface area contributed by atoms with Crippen LogP contribution in [-0.4, -0.2) is 23.7 Å². The van der Waals surface area contributed by atoms with Crippen molar-refractivity contribution in [1.82, 2.24) is 5.32 Å². The summed E-state index contributed by atoms with van der Waals surface area (Å²) in [5.74, 6) is -0.0370. The number of hydrogen-bond acceptors (Lipinski definition) is 3. The van der Waals surface area contributed by atoms with Crippen LogP contribution in [0.4, 0.5) is 0 Å². The lowest BCUT2D eigenvalue weighted by atomic mass is 9.97. The second kappa shape index (κ2) is 4.28. The van der Waals surface area contributed by atoms with Crippen LogP contribution < -0.4 is 10.1 Å². The molecule has 3 atom stereocenters. The van der Waals surface area contributed by atoms with E-state index in [1.165, 1.54) is 5.56 Å². The van der Waals surface area contributed by atoms with Gasteiger partial charge in [0.1, 0.15) is 11.9 Å². The number of carbonyl (C=O) groups is 1. The van der Waals surface area contributed by atoms with Crippen molar-refractivity contribution in [3.63, 3.8) is 0 Å². The molecule has 96 valence electrons. The summed E-state index contributed by atoms with van der Waals surface area (Å²) in [6, 6.07) is 6.27. The summed E-state index contributed by atoms with van der Waals surface area (Å²) < 4.78 is 5.86. The molecule has 0 bridgehead atoms. The fourth-order valence-electron chi connectivity index (χ4n) is 2.90. The smallest absolute Gasteiger partial charge is 0.307 e. The second-order valence-corrected chi connectivity index (χ2v) is 5.20. The van der Waals surface area contributed by atoms with E-state index in [4.69, 9.17) is 9.84 Å². The Bertz CT molecular complexity index is 486. The summed E-state index contributed by atoms with van der Waals surface area (Å²) in [5, 5.41) is 12.3. The zero-order valence-electron chi connectivity index (χ0n) is 10.3. The van der Waals surface area contributed by atoms with E-state index in [0.717, 1.165) is 17.7 Å². The molecule has 2 N–H and O–H groups in total. The zero-order valence-corrected chi connectivity index (χ0v) is 10.3. The number of hydrogen-bond donors (Lipinski definition) is 2. The Morgan fingerprint density at radius 1 is 1.50 bits per heavy atom. The molecule has 1 fully saturated rings. The van der Waals surface area contributed by atoms with Gasteiger partial charge in [0.2, 0.25) is 0 Å². The highest BCUT2D eigenvalue weighted by Gasteiger charge is 2.33. The van der Waals surface area contributed by atoms with Gasteiger partial charge < -0.3 is 15.2 Å². The number of ether oxygens (including phenoxy) is 1. The van der Waals surface area contributed by atoms with E-state index in [0.29, 0.717) is 13.0 Å². The molecule has 0 aliphatic carbocycles. The van der Waals surface area contributed by atoms with Gasteiger partial charge in [-0.25, -0.2) is 0 Å². The molecule has 0 spiro atoms. The summed E-state index contributed by atoms with van der Waals surface area (Å²) in [7, 11) is 0. The molecule has 2 aliphatic heterocycles. The summed E-state index contributed by atoms with van der Waals surface area (Å²) >= 11 is 0. The van der Waals surface area contributed by atoms with Crippen LogP contribution in [0.25, 0.3) is 0 Å². The van der Waals surface area contributed by atoms with E-state index in [9.17, 15) is 4.79 Å². The molecule has 4 heteroatoms. The van der Waals surface area contributed by atoms with E-state index in [2.05, 4.69) is 18.3 Å². The number of carboxylic acids is 1. The van der Waals surface area contributed by atoms with Gasteiger partial charge in [0.15, 0.2) is 0 Å². The Kier molecular flexibility index (Phi) is 2.74. The first-order chi connectivity index (χ1) is 8.65. The molecule has 3 rings (SSSR count). The molecule has 2 aliphatic rings. The monoisotopic (exact) mass is 247 g/mol. The summed E-state index contributed by atoms with van der Waals surface area (Å²) in [5.41, 5.74) is 2.35. The van der Waals surface area contributed by atoms with Gasteiger partial charge in [-0.2, -0.15) is 0 Å². The van der Waals surface area contributed by atoms with Crippen molar-refractivity contribution in [2.45, 2.75) is 31.9 Å². The Morgan fingerprint density at radius 2 is 2.33 bits per heavy atom. The molecule has 1 aromatic rings. The normalized spacial score (nSPS) is 29.9. The SMILES string of the molecule is CC1Cc2cccc(C3CC(C(=O)O)CN3)c2O1. The third kappa shape index (κ3) is 1.86. The van der Waals surface area contributed by atoms with Crippen LogP contribution in [0.5, 0.6) is 5.75 Å². The molecular formula is C14H17NO3. The molecule has 3 unspecified atom stereocenters. The van der Waals surface area contributed by atoms with Crippen molar-refractivity contribution in [3.05, 3.63) is 29.3 Å². The molecule has 1 saturated heterocycles. The highest BCUT2D eigenvalue weighted by molar-refractivity contribution is 5.71. The summed E-state index contributed by atoms with van der Waals surface area (Å²) in [6.45, 7) is 2.60. The topological polar surface area (TPSA) is 58.6 Å². The minimum absolute atomic E-state index is 0.103. The highest BCUT2D eigenvalue weighted by Crippen LogP contribution is 2.39. The van der Waals surface area contributed by atoms with Crippen LogP contribution in [0.1, 0.15) is 30.5 Å². The second-order valence-electron chi connectivity index (χ2n) is 5.20. The Labute approximate surface area is 106 Å². The average molecular weight is 247 g/mol. The van der Waals surface area contributed by atoms with Gasteiger partial charge in [-0.3, -0.25) is 4.79 Å². The molecule has 0 aromatic heterocycles. The van der Waals surface area contributed by atoms with Crippen molar-refractivity contribution < 1.29 is 14.6 Å². The molecule has 2 heterocycles. The van der Waals surface area contributed by atoms with E-state index >= 15 is 0 Å². The van der Waals surface area contributed by atoms with Gasteiger partial charge in [-0.15, -0.1) is 0 Å². The number of aliphatic carboxylic acids is 1. The number of para-hydroxylation sites is 1. The molecule has 18 heavy (non-hydrogen) atoms. The van der Waals surface area contributed by atoms with Crippen LogP contribution >= 0.6 is 0 Å².